The molecule has 2 amide bonds. The first kappa shape index (κ1) is 23.3. The summed E-state index contributed by atoms with van der Waals surface area (Å²) in [6, 6.07) is 11.5. The Hall–Kier alpha value is -2.82. The van der Waals surface area contributed by atoms with E-state index in [1.807, 2.05) is 12.1 Å². The normalized spacial score (nSPS) is 16.0. The van der Waals surface area contributed by atoms with E-state index in [0.29, 0.717) is 23.1 Å². The second-order valence-electron chi connectivity index (χ2n) is 7.70. The molecule has 2 aromatic carbocycles. The van der Waals surface area contributed by atoms with Crippen LogP contribution in [0.15, 0.2) is 47.4 Å². The first-order valence-corrected chi connectivity index (χ1v) is 12.3. The molecule has 0 aromatic heterocycles. The molecule has 1 N–H and O–H groups in total. The van der Waals surface area contributed by atoms with Crippen molar-refractivity contribution < 1.29 is 27.5 Å². The van der Waals surface area contributed by atoms with Crippen molar-refractivity contribution in [3.8, 4) is 11.5 Å². The number of nitrogens with zero attached hydrogens (tertiary/aromatic N) is 2. The Labute approximate surface area is 197 Å². The van der Waals surface area contributed by atoms with Gasteiger partial charge < -0.3 is 19.7 Å². The standard InChI is InChI=1S/C22H24ClN3O6S/c23-17-2-4-18(5-3-17)33(29,30)26-11-9-25(10-12-26)22(28)8-7-21(27)24-14-16-1-6-19-20(13-16)32-15-31-19/h1-6,13H,7-12,14-15H2,(H,24,27). The van der Waals surface area contributed by atoms with Crippen LogP contribution in [0.2, 0.25) is 5.02 Å². The molecule has 2 aliphatic rings. The zero-order valence-electron chi connectivity index (χ0n) is 17.8. The first-order chi connectivity index (χ1) is 15.8. The van der Waals surface area contributed by atoms with Gasteiger partial charge in [-0.1, -0.05) is 17.7 Å². The molecule has 33 heavy (non-hydrogen) atoms. The fourth-order valence-corrected chi connectivity index (χ4v) is 5.20. The van der Waals surface area contributed by atoms with Crippen LogP contribution < -0.4 is 14.8 Å². The number of carbonyl (C=O) groups excluding carboxylic acids is 2. The number of carbonyl (C=O) groups is 2. The minimum absolute atomic E-state index is 0.0622. The smallest absolute Gasteiger partial charge is 0.243 e. The Kier molecular flexibility index (Phi) is 7.06. The van der Waals surface area contributed by atoms with Crippen LogP contribution in [0, 0.1) is 0 Å². The summed E-state index contributed by atoms with van der Waals surface area (Å²) in [6.07, 6.45) is 0.129. The van der Waals surface area contributed by atoms with E-state index in [1.54, 1.807) is 11.0 Å². The largest absolute Gasteiger partial charge is 0.454 e. The van der Waals surface area contributed by atoms with Gasteiger partial charge in [-0.05, 0) is 42.0 Å². The van der Waals surface area contributed by atoms with Crippen molar-refractivity contribution in [1.29, 1.82) is 0 Å². The van der Waals surface area contributed by atoms with E-state index < -0.39 is 10.0 Å². The lowest BCUT2D eigenvalue weighted by atomic mass is 10.2. The molecular formula is C22H24ClN3O6S. The summed E-state index contributed by atoms with van der Waals surface area (Å²) in [5, 5.41) is 3.26. The SMILES string of the molecule is O=C(CCC(=O)N1CCN(S(=O)(=O)c2ccc(Cl)cc2)CC1)NCc1ccc2c(c1)OCO2. The number of fused-ring (bicyclic) bond motifs is 1. The second-order valence-corrected chi connectivity index (χ2v) is 10.1. The lowest BCUT2D eigenvalue weighted by molar-refractivity contribution is -0.134. The van der Waals surface area contributed by atoms with Crippen molar-refractivity contribution in [1.82, 2.24) is 14.5 Å². The Morgan fingerprint density at radius 1 is 0.939 bits per heavy atom. The van der Waals surface area contributed by atoms with Gasteiger partial charge in [0.2, 0.25) is 28.6 Å². The number of hydrogen-bond acceptors (Lipinski definition) is 6. The Morgan fingerprint density at radius 3 is 2.36 bits per heavy atom. The molecule has 9 nitrogen and oxygen atoms in total. The minimum Gasteiger partial charge on any atom is -0.454 e. The van der Waals surface area contributed by atoms with Gasteiger partial charge in [0.15, 0.2) is 11.5 Å². The molecule has 4 rings (SSSR count). The lowest BCUT2D eigenvalue weighted by Gasteiger charge is -2.34. The number of benzene rings is 2. The summed E-state index contributed by atoms with van der Waals surface area (Å²) < 4.78 is 37.4. The number of hydrogen-bond donors (Lipinski definition) is 1. The molecule has 1 saturated heterocycles. The quantitative estimate of drug-likeness (QED) is 0.632. The molecule has 0 atom stereocenters. The Morgan fingerprint density at radius 2 is 1.64 bits per heavy atom. The van der Waals surface area contributed by atoms with E-state index in [1.165, 1.54) is 28.6 Å². The number of piperazine rings is 1. The van der Waals surface area contributed by atoms with Gasteiger partial charge in [0, 0.05) is 50.6 Å². The molecule has 2 heterocycles. The molecule has 0 bridgehead atoms. The van der Waals surface area contributed by atoms with Crippen LogP contribution in [0.1, 0.15) is 18.4 Å². The predicted octanol–water partition coefficient (Wildman–Crippen LogP) is 2.00. The van der Waals surface area contributed by atoms with Crippen molar-refractivity contribution in [3.05, 3.63) is 53.1 Å². The maximum Gasteiger partial charge on any atom is 0.243 e. The van der Waals surface area contributed by atoms with Crippen molar-refractivity contribution in [3.63, 3.8) is 0 Å². The van der Waals surface area contributed by atoms with Gasteiger partial charge in [-0.3, -0.25) is 9.59 Å². The highest BCUT2D eigenvalue weighted by molar-refractivity contribution is 7.89. The van der Waals surface area contributed by atoms with E-state index in [4.69, 9.17) is 21.1 Å². The maximum absolute atomic E-state index is 12.8. The lowest BCUT2D eigenvalue weighted by Crippen LogP contribution is -2.50. The zero-order valence-corrected chi connectivity index (χ0v) is 19.4. The fourth-order valence-electron chi connectivity index (χ4n) is 3.65. The average molecular weight is 494 g/mol. The highest BCUT2D eigenvalue weighted by Crippen LogP contribution is 2.32. The van der Waals surface area contributed by atoms with Crippen LogP contribution in [0.25, 0.3) is 0 Å². The molecule has 11 heteroatoms. The van der Waals surface area contributed by atoms with E-state index in [2.05, 4.69) is 5.32 Å². The number of rotatable bonds is 7. The maximum atomic E-state index is 12.8. The Balaban J connectivity index is 1.20. The van der Waals surface area contributed by atoms with Gasteiger partial charge in [0.1, 0.15) is 0 Å². The number of amides is 2. The second kappa shape index (κ2) is 9.98. The van der Waals surface area contributed by atoms with Crippen molar-refractivity contribution in [2.45, 2.75) is 24.3 Å². The molecule has 2 aromatic rings. The first-order valence-electron chi connectivity index (χ1n) is 10.5. The molecule has 0 unspecified atom stereocenters. The van der Waals surface area contributed by atoms with Crippen LogP contribution in [0.3, 0.4) is 0 Å². The van der Waals surface area contributed by atoms with Crippen molar-refractivity contribution in [2.75, 3.05) is 33.0 Å². The number of nitrogens with one attached hydrogen (secondary N) is 1. The van der Waals surface area contributed by atoms with Crippen LogP contribution in [0.4, 0.5) is 0 Å². The highest BCUT2D eigenvalue weighted by atomic mass is 35.5. The van der Waals surface area contributed by atoms with Gasteiger partial charge >= 0.3 is 0 Å². The molecular weight excluding hydrogens is 470 g/mol. The number of halogens is 1. The van der Waals surface area contributed by atoms with E-state index in [9.17, 15) is 18.0 Å². The Bertz CT molecular complexity index is 1130. The van der Waals surface area contributed by atoms with Gasteiger partial charge in [0.25, 0.3) is 0 Å². The molecule has 0 radical (unpaired) electrons. The summed E-state index contributed by atoms with van der Waals surface area (Å²) in [5.41, 5.74) is 0.872. The molecule has 0 saturated carbocycles. The molecule has 2 aliphatic heterocycles. The van der Waals surface area contributed by atoms with Crippen LogP contribution in [-0.4, -0.2) is 62.4 Å². The fraction of sp³-hybridized carbons (Fsp3) is 0.364. The van der Waals surface area contributed by atoms with Gasteiger partial charge in [-0.2, -0.15) is 4.31 Å². The number of sulfonamides is 1. The molecule has 1 fully saturated rings. The third kappa shape index (κ3) is 5.58. The zero-order chi connectivity index (χ0) is 23.4. The third-order valence-corrected chi connectivity index (χ3v) is 7.70. The topological polar surface area (TPSA) is 105 Å². The third-order valence-electron chi connectivity index (χ3n) is 5.54. The number of ether oxygens (including phenoxy) is 2. The van der Waals surface area contributed by atoms with Crippen LogP contribution in [-0.2, 0) is 26.2 Å². The van der Waals surface area contributed by atoms with Gasteiger partial charge in [-0.25, -0.2) is 8.42 Å². The summed E-state index contributed by atoms with van der Waals surface area (Å²) >= 11 is 5.83. The summed E-state index contributed by atoms with van der Waals surface area (Å²) in [6.45, 7) is 1.48. The van der Waals surface area contributed by atoms with Crippen molar-refractivity contribution >= 4 is 33.4 Å². The molecule has 176 valence electrons. The average Bonchev–Trinajstić information content (AvgIpc) is 3.29. The van der Waals surface area contributed by atoms with Crippen molar-refractivity contribution in [2.24, 2.45) is 0 Å². The monoisotopic (exact) mass is 493 g/mol. The van der Waals surface area contributed by atoms with E-state index >= 15 is 0 Å². The summed E-state index contributed by atoms with van der Waals surface area (Å²) in [4.78, 5) is 26.4. The molecule has 0 aliphatic carbocycles. The van der Waals surface area contributed by atoms with E-state index in [0.717, 1.165) is 5.56 Å². The summed E-state index contributed by atoms with van der Waals surface area (Å²) in [7, 11) is -3.64. The van der Waals surface area contributed by atoms with Crippen LogP contribution in [0.5, 0.6) is 11.5 Å². The highest BCUT2D eigenvalue weighted by Gasteiger charge is 2.30. The van der Waals surface area contributed by atoms with Crippen LogP contribution >= 0.6 is 11.6 Å². The van der Waals surface area contributed by atoms with Gasteiger partial charge in [-0.15, -0.1) is 0 Å². The minimum atomic E-state index is -3.64. The van der Waals surface area contributed by atoms with E-state index in [-0.39, 0.29) is 62.5 Å². The molecule has 0 spiro atoms. The van der Waals surface area contributed by atoms with Gasteiger partial charge in [0.05, 0.1) is 4.90 Å². The predicted molar refractivity (Wildman–Crippen MR) is 120 cm³/mol. The summed E-state index contributed by atoms with van der Waals surface area (Å²) in [5.74, 6) is 0.924.